The Labute approximate surface area is 87.2 Å². The van der Waals surface area contributed by atoms with E-state index >= 15 is 0 Å². The molecule has 0 radical (unpaired) electrons. The Bertz CT molecular complexity index is 193. The van der Waals surface area contributed by atoms with Gasteiger partial charge in [0, 0.05) is 0 Å². The maximum atomic E-state index is 8.88. The molecule has 0 aliphatic heterocycles. The summed E-state index contributed by atoms with van der Waals surface area (Å²) in [5, 5.41) is 17.1. The highest BCUT2D eigenvalue weighted by Crippen LogP contribution is 2.13. The van der Waals surface area contributed by atoms with Crippen molar-refractivity contribution in [2.45, 2.75) is 52.5 Å². The predicted octanol–water partition coefficient (Wildman–Crippen LogP) is 3.57. The van der Waals surface area contributed by atoms with Gasteiger partial charge in [0.15, 0.2) is 0 Å². The highest BCUT2D eigenvalue weighted by molar-refractivity contribution is 4.89. The summed E-state index contributed by atoms with van der Waals surface area (Å²) < 4.78 is 0. The Morgan fingerprint density at radius 2 is 2.00 bits per heavy atom. The number of hydrogen-bond acceptors (Lipinski definition) is 3. The summed E-state index contributed by atoms with van der Waals surface area (Å²) >= 11 is 0. The van der Waals surface area contributed by atoms with Gasteiger partial charge in [-0.3, -0.25) is 0 Å². The van der Waals surface area contributed by atoms with Crippen LogP contribution in [-0.4, -0.2) is 12.6 Å². The number of rotatable bonds is 7. The van der Waals surface area contributed by atoms with E-state index in [0.717, 1.165) is 32.2 Å². The molecule has 0 aromatic heterocycles. The van der Waals surface area contributed by atoms with Crippen molar-refractivity contribution in [3.63, 3.8) is 0 Å². The van der Waals surface area contributed by atoms with Crippen molar-refractivity contribution < 1.29 is 0 Å². The van der Waals surface area contributed by atoms with E-state index in [4.69, 9.17) is 5.26 Å². The molecule has 0 aromatic carbocycles. The second-order valence-corrected chi connectivity index (χ2v) is 3.60. The molecule has 2 unspecified atom stereocenters. The molecule has 3 nitrogen and oxygen atoms in total. The monoisotopic (exact) mass is 195 g/mol. The summed E-state index contributed by atoms with van der Waals surface area (Å²) in [6.45, 7) is 6.99. The van der Waals surface area contributed by atoms with Gasteiger partial charge in [-0.25, -0.2) is 0 Å². The first kappa shape index (κ1) is 13.1. The van der Waals surface area contributed by atoms with Crippen molar-refractivity contribution in [1.29, 1.82) is 5.26 Å². The molecule has 0 amide bonds. The van der Waals surface area contributed by atoms with Crippen LogP contribution < -0.4 is 0 Å². The van der Waals surface area contributed by atoms with Crippen molar-refractivity contribution in [3.8, 4) is 6.07 Å². The zero-order valence-electron chi connectivity index (χ0n) is 9.53. The van der Waals surface area contributed by atoms with Gasteiger partial charge in [-0.2, -0.15) is 15.5 Å². The van der Waals surface area contributed by atoms with Crippen molar-refractivity contribution in [3.05, 3.63) is 0 Å². The summed E-state index contributed by atoms with van der Waals surface area (Å²) in [7, 11) is 0. The van der Waals surface area contributed by atoms with Crippen LogP contribution in [0.1, 0.15) is 46.5 Å². The smallest absolute Gasteiger partial charge is 0.0838 e. The summed E-state index contributed by atoms with van der Waals surface area (Å²) in [5.41, 5.74) is 0. The minimum absolute atomic E-state index is 0.0328. The van der Waals surface area contributed by atoms with Gasteiger partial charge in [0.25, 0.3) is 0 Å². The van der Waals surface area contributed by atoms with Crippen LogP contribution in [0.15, 0.2) is 10.2 Å². The van der Waals surface area contributed by atoms with Crippen molar-refractivity contribution in [2.24, 2.45) is 16.1 Å². The summed E-state index contributed by atoms with van der Waals surface area (Å²) in [6, 6.07) is 2.34. The minimum Gasteiger partial charge on any atom is -0.198 e. The maximum absolute atomic E-state index is 8.88. The zero-order chi connectivity index (χ0) is 10.8. The Morgan fingerprint density at radius 3 is 2.50 bits per heavy atom. The quantitative estimate of drug-likeness (QED) is 0.452. The molecular formula is C11H21N3. The van der Waals surface area contributed by atoms with E-state index in [-0.39, 0.29) is 12.0 Å². The molecular weight excluding hydrogens is 174 g/mol. The van der Waals surface area contributed by atoms with Crippen molar-refractivity contribution in [2.75, 3.05) is 6.54 Å². The third-order valence-electron chi connectivity index (χ3n) is 2.22. The lowest BCUT2D eigenvalue weighted by Gasteiger charge is -2.10. The Kier molecular flexibility index (Phi) is 8.11. The second-order valence-electron chi connectivity index (χ2n) is 3.60. The van der Waals surface area contributed by atoms with Crippen LogP contribution in [0.4, 0.5) is 0 Å². The number of azo groups is 1. The molecule has 0 heterocycles. The van der Waals surface area contributed by atoms with Gasteiger partial charge in [0.1, 0.15) is 0 Å². The van der Waals surface area contributed by atoms with Crippen LogP contribution >= 0.6 is 0 Å². The van der Waals surface area contributed by atoms with Gasteiger partial charge in [0.05, 0.1) is 24.6 Å². The topological polar surface area (TPSA) is 48.5 Å². The Hall–Kier alpha value is -0.910. The lowest BCUT2D eigenvalue weighted by atomic mass is 9.99. The first-order valence-electron chi connectivity index (χ1n) is 5.52. The molecule has 0 saturated heterocycles. The van der Waals surface area contributed by atoms with Gasteiger partial charge >= 0.3 is 0 Å². The number of unbranched alkanes of at least 4 members (excludes halogenated alkanes) is 1. The minimum atomic E-state index is 0.0328. The molecule has 0 saturated carbocycles. The number of nitrogens with zero attached hydrogens (tertiary/aromatic N) is 3. The van der Waals surface area contributed by atoms with Gasteiger partial charge in [0.2, 0.25) is 0 Å². The maximum Gasteiger partial charge on any atom is 0.0838 e. The van der Waals surface area contributed by atoms with Crippen molar-refractivity contribution in [1.82, 2.24) is 0 Å². The molecule has 0 spiro atoms. The Balaban J connectivity index is 3.85. The lowest BCUT2D eigenvalue weighted by molar-refractivity contribution is 0.484. The fraction of sp³-hybridized carbons (Fsp3) is 0.909. The molecule has 0 aliphatic rings. The molecule has 0 fully saturated rings. The normalized spacial score (nSPS) is 15.3. The average Bonchev–Trinajstić information content (AvgIpc) is 2.20. The molecule has 3 heteroatoms. The first-order valence-corrected chi connectivity index (χ1v) is 5.52. The van der Waals surface area contributed by atoms with Crippen LogP contribution in [0.5, 0.6) is 0 Å². The molecule has 0 N–H and O–H groups in total. The summed E-state index contributed by atoms with van der Waals surface area (Å²) in [5.74, 6) is 0.0328. The number of hydrogen-bond donors (Lipinski definition) is 0. The van der Waals surface area contributed by atoms with Crippen LogP contribution in [0.25, 0.3) is 0 Å². The zero-order valence-corrected chi connectivity index (χ0v) is 9.53. The van der Waals surface area contributed by atoms with E-state index in [1.807, 2.05) is 6.92 Å². The third kappa shape index (κ3) is 5.69. The van der Waals surface area contributed by atoms with Crippen LogP contribution in [0, 0.1) is 17.2 Å². The van der Waals surface area contributed by atoms with Gasteiger partial charge < -0.3 is 0 Å². The summed E-state index contributed by atoms with van der Waals surface area (Å²) in [6.07, 6.45) is 4.18. The van der Waals surface area contributed by atoms with Crippen LogP contribution in [0.3, 0.4) is 0 Å². The molecule has 2 atom stereocenters. The van der Waals surface area contributed by atoms with E-state index in [9.17, 15) is 0 Å². The van der Waals surface area contributed by atoms with Gasteiger partial charge in [-0.1, -0.05) is 26.7 Å². The predicted molar refractivity (Wildman–Crippen MR) is 58.1 cm³/mol. The van der Waals surface area contributed by atoms with Crippen LogP contribution in [0.2, 0.25) is 0 Å². The summed E-state index contributed by atoms with van der Waals surface area (Å²) in [4.78, 5) is 0. The molecule has 0 aromatic rings. The highest BCUT2D eigenvalue weighted by Gasteiger charge is 2.14. The molecule has 0 bridgehead atoms. The lowest BCUT2D eigenvalue weighted by Crippen LogP contribution is -2.12. The second kappa shape index (κ2) is 8.68. The molecule has 80 valence electrons. The standard InChI is InChI=1S/C11H21N3/c1-4-6-8-13-14-10(3)11(9-12)7-5-2/h10-11H,4-8H2,1-3H3. The van der Waals surface area contributed by atoms with E-state index in [1.165, 1.54) is 0 Å². The number of nitriles is 1. The fourth-order valence-corrected chi connectivity index (χ4v) is 1.22. The Morgan fingerprint density at radius 1 is 1.29 bits per heavy atom. The van der Waals surface area contributed by atoms with E-state index in [1.54, 1.807) is 0 Å². The first-order chi connectivity index (χ1) is 6.76. The third-order valence-corrected chi connectivity index (χ3v) is 2.22. The van der Waals surface area contributed by atoms with E-state index < -0.39 is 0 Å². The van der Waals surface area contributed by atoms with E-state index in [0.29, 0.717) is 0 Å². The van der Waals surface area contributed by atoms with Crippen LogP contribution in [-0.2, 0) is 0 Å². The molecule has 0 rings (SSSR count). The molecule has 0 aliphatic carbocycles. The highest BCUT2D eigenvalue weighted by atomic mass is 15.1. The van der Waals surface area contributed by atoms with Gasteiger partial charge in [-0.05, 0) is 19.8 Å². The fourth-order valence-electron chi connectivity index (χ4n) is 1.22. The van der Waals surface area contributed by atoms with Gasteiger partial charge in [-0.15, -0.1) is 0 Å². The SMILES string of the molecule is CCCCN=NC(C)C(C#N)CCC. The van der Waals surface area contributed by atoms with Crippen molar-refractivity contribution >= 4 is 0 Å². The van der Waals surface area contributed by atoms with E-state index in [2.05, 4.69) is 30.1 Å². The largest absolute Gasteiger partial charge is 0.198 e. The average molecular weight is 195 g/mol. The molecule has 14 heavy (non-hydrogen) atoms.